The Bertz CT molecular complexity index is 306. The Balaban J connectivity index is 1.93. The van der Waals surface area contributed by atoms with Gasteiger partial charge in [-0.05, 0) is 43.9 Å². The van der Waals surface area contributed by atoms with Gasteiger partial charge in [-0.1, -0.05) is 33.1 Å². The van der Waals surface area contributed by atoms with E-state index in [1.807, 2.05) is 0 Å². The summed E-state index contributed by atoms with van der Waals surface area (Å²) in [4.78, 5) is 15.0. The number of hydrogen-bond donors (Lipinski definition) is 1. The Labute approximate surface area is 124 Å². The molecule has 0 aromatic carbocycles. The lowest BCUT2D eigenvalue weighted by Crippen LogP contribution is -2.43. The van der Waals surface area contributed by atoms with E-state index >= 15 is 0 Å². The smallest absolute Gasteiger partial charge is 0.227 e. The topological polar surface area (TPSA) is 46.3 Å². The first-order valence-corrected chi connectivity index (χ1v) is 8.62. The van der Waals surface area contributed by atoms with E-state index in [1.165, 1.54) is 44.9 Å². The molecule has 0 aromatic rings. The van der Waals surface area contributed by atoms with Crippen LogP contribution in [0.25, 0.3) is 0 Å². The maximum Gasteiger partial charge on any atom is 0.227 e. The molecule has 0 spiro atoms. The van der Waals surface area contributed by atoms with E-state index in [1.54, 1.807) is 0 Å². The Morgan fingerprint density at radius 1 is 1.15 bits per heavy atom. The quantitative estimate of drug-likeness (QED) is 0.778. The predicted molar refractivity (Wildman–Crippen MR) is 83.3 cm³/mol. The zero-order valence-electron chi connectivity index (χ0n) is 13.3. The Morgan fingerprint density at radius 2 is 1.80 bits per heavy atom. The summed E-state index contributed by atoms with van der Waals surface area (Å²) in [6.45, 7) is 5.86. The molecule has 0 aromatic heterocycles. The van der Waals surface area contributed by atoms with Gasteiger partial charge in [0.15, 0.2) is 0 Å². The SMILES string of the molecule is CC(C)CC(CN)C(=O)N(CC1CCCCC1)C1CC1. The van der Waals surface area contributed by atoms with E-state index in [0.717, 1.165) is 18.9 Å². The molecule has 2 saturated carbocycles. The van der Waals surface area contributed by atoms with E-state index in [4.69, 9.17) is 5.73 Å². The van der Waals surface area contributed by atoms with Gasteiger partial charge in [-0.3, -0.25) is 4.79 Å². The minimum Gasteiger partial charge on any atom is -0.339 e. The zero-order valence-corrected chi connectivity index (χ0v) is 13.3. The first-order chi connectivity index (χ1) is 9.61. The van der Waals surface area contributed by atoms with E-state index in [9.17, 15) is 4.79 Å². The first-order valence-electron chi connectivity index (χ1n) is 8.62. The minimum atomic E-state index is 0.0409. The monoisotopic (exact) mass is 280 g/mol. The summed E-state index contributed by atoms with van der Waals surface area (Å²) in [6, 6.07) is 0.533. The average molecular weight is 280 g/mol. The van der Waals surface area contributed by atoms with Gasteiger partial charge in [0.1, 0.15) is 0 Å². The lowest BCUT2D eigenvalue weighted by Gasteiger charge is -2.32. The van der Waals surface area contributed by atoms with Gasteiger partial charge < -0.3 is 10.6 Å². The second kappa shape index (κ2) is 7.44. The highest BCUT2D eigenvalue weighted by atomic mass is 16.2. The van der Waals surface area contributed by atoms with Crippen molar-refractivity contribution in [2.45, 2.75) is 71.3 Å². The van der Waals surface area contributed by atoms with Gasteiger partial charge in [-0.25, -0.2) is 0 Å². The van der Waals surface area contributed by atoms with Crippen molar-refractivity contribution in [3.05, 3.63) is 0 Å². The third-order valence-electron chi connectivity index (χ3n) is 4.84. The summed E-state index contributed by atoms with van der Waals surface area (Å²) >= 11 is 0. The highest BCUT2D eigenvalue weighted by Gasteiger charge is 2.36. The maximum atomic E-state index is 12.8. The van der Waals surface area contributed by atoms with Crippen LogP contribution in [0.4, 0.5) is 0 Å². The molecule has 2 fully saturated rings. The number of nitrogens with zero attached hydrogens (tertiary/aromatic N) is 1. The molecule has 0 bridgehead atoms. The third-order valence-corrected chi connectivity index (χ3v) is 4.84. The van der Waals surface area contributed by atoms with Crippen LogP contribution in [0.15, 0.2) is 0 Å². The summed E-state index contributed by atoms with van der Waals surface area (Å²) in [6.07, 6.45) is 10.1. The number of carbonyl (C=O) groups is 1. The van der Waals surface area contributed by atoms with Crippen LogP contribution in [0.1, 0.15) is 65.2 Å². The molecule has 1 unspecified atom stereocenters. The molecule has 1 atom stereocenters. The van der Waals surface area contributed by atoms with E-state index < -0.39 is 0 Å². The number of amides is 1. The standard InChI is InChI=1S/C17H32N2O/c1-13(2)10-15(11-18)17(20)19(16-8-9-16)12-14-6-4-3-5-7-14/h13-16H,3-12,18H2,1-2H3. The van der Waals surface area contributed by atoms with Crippen molar-refractivity contribution in [2.75, 3.05) is 13.1 Å². The molecular weight excluding hydrogens is 248 g/mol. The average Bonchev–Trinajstić information content (AvgIpc) is 3.27. The van der Waals surface area contributed by atoms with Gasteiger partial charge in [0.2, 0.25) is 5.91 Å². The molecule has 0 heterocycles. The molecule has 3 heteroatoms. The summed E-state index contributed by atoms with van der Waals surface area (Å²) in [5, 5.41) is 0. The van der Waals surface area contributed by atoms with Crippen LogP contribution in [-0.4, -0.2) is 29.9 Å². The highest BCUT2D eigenvalue weighted by molar-refractivity contribution is 5.79. The van der Waals surface area contributed by atoms with Gasteiger partial charge in [0.25, 0.3) is 0 Å². The fourth-order valence-electron chi connectivity index (χ4n) is 3.55. The molecule has 20 heavy (non-hydrogen) atoms. The molecule has 2 aliphatic carbocycles. The number of nitrogens with two attached hydrogens (primary N) is 1. The zero-order chi connectivity index (χ0) is 14.5. The van der Waals surface area contributed by atoms with Crippen molar-refractivity contribution >= 4 is 5.91 Å². The lowest BCUT2D eigenvalue weighted by molar-refractivity contribution is -0.137. The summed E-state index contributed by atoms with van der Waals surface area (Å²) < 4.78 is 0. The number of rotatable bonds is 7. The van der Waals surface area contributed by atoms with E-state index in [-0.39, 0.29) is 5.92 Å². The Morgan fingerprint density at radius 3 is 2.30 bits per heavy atom. The molecule has 116 valence electrons. The van der Waals surface area contributed by atoms with Gasteiger partial charge in [0, 0.05) is 19.1 Å². The number of hydrogen-bond acceptors (Lipinski definition) is 2. The third kappa shape index (κ3) is 4.47. The molecule has 1 amide bonds. The van der Waals surface area contributed by atoms with Crippen molar-refractivity contribution in [2.24, 2.45) is 23.5 Å². The van der Waals surface area contributed by atoms with Crippen LogP contribution < -0.4 is 5.73 Å². The van der Waals surface area contributed by atoms with Crippen molar-refractivity contribution < 1.29 is 4.79 Å². The Hall–Kier alpha value is -0.570. The molecule has 0 saturated heterocycles. The van der Waals surface area contributed by atoms with Gasteiger partial charge in [-0.2, -0.15) is 0 Å². The summed E-state index contributed by atoms with van der Waals surface area (Å²) in [5.41, 5.74) is 5.87. The summed E-state index contributed by atoms with van der Waals surface area (Å²) in [7, 11) is 0. The Kier molecular flexibility index (Phi) is 5.88. The second-order valence-electron chi connectivity index (χ2n) is 7.29. The summed E-state index contributed by atoms with van der Waals surface area (Å²) in [5.74, 6) is 1.67. The lowest BCUT2D eigenvalue weighted by atomic mass is 9.88. The van der Waals surface area contributed by atoms with Gasteiger partial charge in [0.05, 0.1) is 5.92 Å². The molecule has 0 aliphatic heterocycles. The fourth-order valence-corrected chi connectivity index (χ4v) is 3.55. The van der Waals surface area contributed by atoms with Gasteiger partial charge in [-0.15, -0.1) is 0 Å². The second-order valence-corrected chi connectivity index (χ2v) is 7.29. The van der Waals surface area contributed by atoms with Crippen molar-refractivity contribution in [1.82, 2.24) is 4.90 Å². The van der Waals surface area contributed by atoms with Crippen LogP contribution in [0.3, 0.4) is 0 Å². The minimum absolute atomic E-state index is 0.0409. The van der Waals surface area contributed by atoms with E-state index in [0.29, 0.717) is 24.4 Å². The number of carbonyl (C=O) groups excluding carboxylic acids is 1. The fraction of sp³-hybridized carbons (Fsp3) is 0.941. The van der Waals surface area contributed by atoms with Crippen molar-refractivity contribution in [3.63, 3.8) is 0 Å². The predicted octanol–water partition coefficient (Wildman–Crippen LogP) is 3.18. The molecule has 2 aliphatic rings. The van der Waals surface area contributed by atoms with Crippen LogP contribution in [-0.2, 0) is 4.79 Å². The van der Waals surface area contributed by atoms with Crippen LogP contribution in [0, 0.1) is 17.8 Å². The largest absolute Gasteiger partial charge is 0.339 e. The first kappa shape index (κ1) is 15.8. The normalized spacial score (nSPS) is 22.0. The van der Waals surface area contributed by atoms with Crippen LogP contribution >= 0.6 is 0 Å². The molecule has 2 rings (SSSR count). The van der Waals surface area contributed by atoms with Crippen molar-refractivity contribution in [3.8, 4) is 0 Å². The maximum absolute atomic E-state index is 12.8. The molecule has 3 nitrogen and oxygen atoms in total. The molecule has 0 radical (unpaired) electrons. The van der Waals surface area contributed by atoms with Crippen LogP contribution in [0.5, 0.6) is 0 Å². The van der Waals surface area contributed by atoms with E-state index in [2.05, 4.69) is 18.7 Å². The molecular formula is C17H32N2O. The highest BCUT2D eigenvalue weighted by Crippen LogP contribution is 2.33. The van der Waals surface area contributed by atoms with Crippen LogP contribution in [0.2, 0.25) is 0 Å². The van der Waals surface area contributed by atoms with Gasteiger partial charge >= 0.3 is 0 Å². The van der Waals surface area contributed by atoms with Crippen molar-refractivity contribution in [1.29, 1.82) is 0 Å². The molecule has 2 N–H and O–H groups in total.